The summed E-state index contributed by atoms with van der Waals surface area (Å²) in [5.74, 6) is -0.568. The van der Waals surface area contributed by atoms with E-state index >= 15 is 0 Å². The highest BCUT2D eigenvalue weighted by Crippen LogP contribution is 2.20. The van der Waals surface area contributed by atoms with Gasteiger partial charge in [-0.2, -0.15) is 5.10 Å². The molecule has 1 atom stereocenters. The number of nitrogens with one attached hydrogen (secondary N) is 2. The van der Waals surface area contributed by atoms with Crippen LogP contribution in [0.5, 0.6) is 0 Å². The van der Waals surface area contributed by atoms with E-state index in [4.69, 9.17) is 0 Å². The number of piperidine rings is 1. The molecular weight excluding hydrogens is 361 g/mol. The zero-order valence-electron chi connectivity index (χ0n) is 16.5. The van der Waals surface area contributed by atoms with Crippen LogP contribution in [0.4, 0.5) is 10.1 Å². The van der Waals surface area contributed by atoms with Crippen LogP contribution in [-0.2, 0) is 9.59 Å². The van der Waals surface area contributed by atoms with Gasteiger partial charge in [0.1, 0.15) is 5.69 Å². The number of aromatic nitrogens is 2. The van der Waals surface area contributed by atoms with Crippen LogP contribution in [0.1, 0.15) is 31.2 Å². The van der Waals surface area contributed by atoms with Crippen molar-refractivity contribution in [2.45, 2.75) is 39.7 Å². The molecule has 150 valence electrons. The number of rotatable bonds is 5. The van der Waals surface area contributed by atoms with Crippen LogP contribution in [0.25, 0.3) is 5.69 Å². The molecule has 0 saturated carbocycles. The standard InChI is InChI=1S/C20H26FN5O2/c1-13-9-14(2)26(24-13)19-7-6-16(10-18(19)21)22-11-20(28)25-8-4-5-17(12-25)23-15(3)27/h6-7,9-10,17,22H,4-5,8,11-12H2,1-3H3,(H,23,27)/t17-/m1/s1. The lowest BCUT2D eigenvalue weighted by Crippen LogP contribution is -2.50. The summed E-state index contributed by atoms with van der Waals surface area (Å²) >= 11 is 0. The Morgan fingerprint density at radius 2 is 2.07 bits per heavy atom. The highest BCUT2D eigenvalue weighted by molar-refractivity contribution is 5.81. The Morgan fingerprint density at radius 3 is 2.71 bits per heavy atom. The summed E-state index contributed by atoms with van der Waals surface area (Å²) in [5, 5.41) is 10.2. The average molecular weight is 387 g/mol. The first kappa shape index (κ1) is 19.9. The first-order valence-electron chi connectivity index (χ1n) is 9.45. The maximum Gasteiger partial charge on any atom is 0.241 e. The lowest BCUT2D eigenvalue weighted by Gasteiger charge is -2.33. The third-order valence-corrected chi connectivity index (χ3v) is 4.81. The Labute approximate surface area is 163 Å². The van der Waals surface area contributed by atoms with Gasteiger partial charge in [0, 0.05) is 37.4 Å². The van der Waals surface area contributed by atoms with E-state index in [9.17, 15) is 14.0 Å². The van der Waals surface area contributed by atoms with Crippen molar-refractivity contribution in [1.82, 2.24) is 20.0 Å². The number of hydrogen-bond acceptors (Lipinski definition) is 4. The van der Waals surface area contributed by atoms with Gasteiger partial charge in [-0.1, -0.05) is 0 Å². The number of hydrogen-bond donors (Lipinski definition) is 2. The normalized spacial score (nSPS) is 16.7. The van der Waals surface area contributed by atoms with Crippen molar-refractivity contribution in [1.29, 1.82) is 0 Å². The number of amides is 2. The third kappa shape index (κ3) is 4.68. The molecule has 0 spiro atoms. The fourth-order valence-electron chi connectivity index (χ4n) is 3.56. The van der Waals surface area contributed by atoms with Crippen LogP contribution < -0.4 is 10.6 Å². The van der Waals surface area contributed by atoms with Gasteiger partial charge < -0.3 is 15.5 Å². The van der Waals surface area contributed by atoms with Gasteiger partial charge in [0.05, 0.1) is 12.2 Å². The lowest BCUT2D eigenvalue weighted by molar-refractivity contribution is -0.131. The number of aryl methyl sites for hydroxylation is 2. The molecule has 0 aliphatic carbocycles. The van der Waals surface area contributed by atoms with E-state index in [0.717, 1.165) is 24.2 Å². The van der Waals surface area contributed by atoms with Crippen molar-refractivity contribution < 1.29 is 14.0 Å². The van der Waals surface area contributed by atoms with Gasteiger partial charge in [0.15, 0.2) is 5.82 Å². The third-order valence-electron chi connectivity index (χ3n) is 4.81. The molecule has 1 aromatic carbocycles. The van der Waals surface area contributed by atoms with Gasteiger partial charge in [0.2, 0.25) is 11.8 Å². The van der Waals surface area contributed by atoms with E-state index < -0.39 is 5.82 Å². The fourth-order valence-corrected chi connectivity index (χ4v) is 3.56. The Balaban J connectivity index is 1.60. The Morgan fingerprint density at radius 1 is 1.29 bits per heavy atom. The molecule has 28 heavy (non-hydrogen) atoms. The zero-order chi connectivity index (χ0) is 20.3. The van der Waals surface area contributed by atoms with Crippen LogP contribution in [0.2, 0.25) is 0 Å². The van der Waals surface area contributed by atoms with Gasteiger partial charge >= 0.3 is 0 Å². The topological polar surface area (TPSA) is 79.3 Å². The predicted molar refractivity (Wildman–Crippen MR) is 105 cm³/mol. The number of carbonyl (C=O) groups excluding carboxylic acids is 2. The molecule has 7 nitrogen and oxygen atoms in total. The second-order valence-corrected chi connectivity index (χ2v) is 7.24. The van der Waals surface area contributed by atoms with Crippen LogP contribution in [-0.4, -0.2) is 52.2 Å². The van der Waals surface area contributed by atoms with Crippen molar-refractivity contribution >= 4 is 17.5 Å². The fraction of sp³-hybridized carbons (Fsp3) is 0.450. The predicted octanol–water partition coefficient (Wildman–Crippen LogP) is 2.17. The molecule has 2 N–H and O–H groups in total. The van der Waals surface area contributed by atoms with E-state index in [0.29, 0.717) is 24.5 Å². The molecule has 2 amide bonds. The van der Waals surface area contributed by atoms with Gasteiger partial charge in [-0.15, -0.1) is 0 Å². The number of nitrogens with zero attached hydrogens (tertiary/aromatic N) is 3. The molecule has 0 radical (unpaired) electrons. The molecule has 0 unspecified atom stereocenters. The van der Waals surface area contributed by atoms with Crippen molar-refractivity contribution in [2.24, 2.45) is 0 Å². The van der Waals surface area contributed by atoms with Crippen LogP contribution in [0.15, 0.2) is 24.3 Å². The van der Waals surface area contributed by atoms with Crippen LogP contribution in [0.3, 0.4) is 0 Å². The van der Waals surface area contributed by atoms with Gasteiger partial charge in [-0.05, 0) is 51.0 Å². The summed E-state index contributed by atoms with van der Waals surface area (Å²) in [6.07, 6.45) is 1.72. The molecule has 1 aliphatic heterocycles. The molecule has 2 heterocycles. The number of likely N-dealkylation sites (tertiary alicyclic amines) is 1. The second-order valence-electron chi connectivity index (χ2n) is 7.24. The van der Waals surface area contributed by atoms with Crippen molar-refractivity contribution in [2.75, 3.05) is 25.0 Å². The van der Waals surface area contributed by atoms with E-state index in [1.165, 1.54) is 13.0 Å². The number of benzene rings is 1. The molecule has 3 rings (SSSR count). The summed E-state index contributed by atoms with van der Waals surface area (Å²) < 4.78 is 16.1. The maximum absolute atomic E-state index is 14.5. The summed E-state index contributed by atoms with van der Waals surface area (Å²) in [6.45, 7) is 6.46. The van der Waals surface area contributed by atoms with Gasteiger partial charge in [-0.25, -0.2) is 9.07 Å². The highest BCUT2D eigenvalue weighted by atomic mass is 19.1. The average Bonchev–Trinajstić information content (AvgIpc) is 2.97. The SMILES string of the molecule is CC(=O)N[C@@H]1CCCN(C(=O)CNc2ccc(-n3nc(C)cc3C)c(F)c2)C1. The summed E-state index contributed by atoms with van der Waals surface area (Å²) in [6, 6.07) is 6.63. The number of halogens is 1. The van der Waals surface area contributed by atoms with E-state index in [2.05, 4.69) is 15.7 Å². The minimum atomic E-state index is -0.410. The highest BCUT2D eigenvalue weighted by Gasteiger charge is 2.23. The molecule has 1 aliphatic rings. The number of carbonyl (C=O) groups is 2. The van der Waals surface area contributed by atoms with Crippen molar-refractivity contribution in [3.8, 4) is 5.69 Å². The largest absolute Gasteiger partial charge is 0.376 e. The second kappa shape index (κ2) is 8.41. The minimum Gasteiger partial charge on any atom is -0.376 e. The van der Waals surface area contributed by atoms with Crippen molar-refractivity contribution in [3.63, 3.8) is 0 Å². The maximum atomic E-state index is 14.5. The number of anilines is 1. The Hall–Kier alpha value is -2.90. The molecule has 2 aromatic rings. The minimum absolute atomic E-state index is 0.00676. The van der Waals surface area contributed by atoms with E-state index in [1.54, 1.807) is 21.7 Å². The molecule has 1 fully saturated rings. The Kier molecular flexibility index (Phi) is 5.96. The molecule has 8 heteroatoms. The van der Waals surface area contributed by atoms with E-state index in [-0.39, 0.29) is 24.4 Å². The van der Waals surface area contributed by atoms with Crippen LogP contribution >= 0.6 is 0 Å². The van der Waals surface area contributed by atoms with Gasteiger partial charge in [-0.3, -0.25) is 9.59 Å². The quantitative estimate of drug-likeness (QED) is 0.824. The molecular formula is C20H26FN5O2. The van der Waals surface area contributed by atoms with E-state index in [1.807, 2.05) is 19.9 Å². The summed E-state index contributed by atoms with van der Waals surface area (Å²) in [4.78, 5) is 25.4. The smallest absolute Gasteiger partial charge is 0.241 e. The van der Waals surface area contributed by atoms with Crippen LogP contribution in [0, 0.1) is 19.7 Å². The summed E-state index contributed by atoms with van der Waals surface area (Å²) in [7, 11) is 0. The zero-order valence-corrected chi connectivity index (χ0v) is 16.5. The molecule has 1 saturated heterocycles. The monoisotopic (exact) mass is 387 g/mol. The first-order valence-corrected chi connectivity index (χ1v) is 9.45. The van der Waals surface area contributed by atoms with Gasteiger partial charge in [0.25, 0.3) is 0 Å². The molecule has 0 bridgehead atoms. The first-order chi connectivity index (χ1) is 13.3. The summed E-state index contributed by atoms with van der Waals surface area (Å²) in [5.41, 5.74) is 2.58. The Bertz CT molecular complexity index is 879. The lowest BCUT2D eigenvalue weighted by atomic mass is 10.1. The van der Waals surface area contributed by atoms with Crippen molar-refractivity contribution in [3.05, 3.63) is 41.5 Å². The molecule has 1 aromatic heterocycles.